The predicted molar refractivity (Wildman–Crippen MR) is 477 cm³/mol. The molecule has 0 aromatic heterocycles. The van der Waals surface area contributed by atoms with Gasteiger partial charge >= 0.3 is 29.8 Å². The minimum atomic E-state index is -1.00. The number of nitrogens with zero attached hydrogens (tertiary/aromatic N) is 4. The van der Waals surface area contributed by atoms with Crippen molar-refractivity contribution in [2.75, 3.05) is 153 Å². The summed E-state index contributed by atoms with van der Waals surface area (Å²) in [4.78, 5) is 345. The third-order valence-corrected chi connectivity index (χ3v) is 19.0. The molecule has 13 amide bonds. The predicted octanol–water partition coefficient (Wildman–Crippen LogP) is -3.35. The number of Topliss-reactive ketones (excluding diaryl/α,β-unsaturated/α-hetero) is 9. The van der Waals surface area contributed by atoms with E-state index in [9.17, 15) is 129 Å². The highest BCUT2D eigenvalue weighted by molar-refractivity contribution is 5.98. The second kappa shape index (κ2) is 65.9. The molecule has 47 nitrogen and oxygen atoms in total. The van der Waals surface area contributed by atoms with E-state index in [0.29, 0.717) is 25.9 Å². The first kappa shape index (κ1) is 122. The van der Waals surface area contributed by atoms with Crippen molar-refractivity contribution in [1.29, 1.82) is 0 Å². The van der Waals surface area contributed by atoms with Crippen molar-refractivity contribution in [3.8, 4) is 0 Å². The lowest BCUT2D eigenvalue weighted by molar-refractivity contribution is -0.156. The molecular weight excluding hydrogens is 1780 g/mol. The van der Waals surface area contributed by atoms with Crippen LogP contribution in [0, 0.1) is 5.41 Å². The van der Waals surface area contributed by atoms with Crippen LogP contribution >= 0.6 is 0 Å². The fourth-order valence-corrected chi connectivity index (χ4v) is 11.4. The second-order valence-corrected chi connectivity index (χ2v) is 35.1. The zero-order valence-corrected chi connectivity index (χ0v) is 80.3. The Hall–Kier alpha value is -12.6. The Bertz CT molecular complexity index is 3990. The highest BCUT2D eigenvalue weighted by atomic mass is 16.6. The molecule has 11 N–H and O–H groups in total. The molecule has 0 unspecified atom stereocenters. The molecule has 47 heteroatoms. The third-order valence-electron chi connectivity index (χ3n) is 19.0. The zero-order valence-electron chi connectivity index (χ0n) is 80.3. The maximum Gasteiger partial charge on any atom is 0.325 e. The van der Waals surface area contributed by atoms with Crippen LogP contribution in [0.1, 0.15) is 223 Å². The highest BCUT2D eigenvalue weighted by Gasteiger charge is 2.31. The smallest absolute Gasteiger partial charge is 0.325 e. The molecule has 0 heterocycles. The van der Waals surface area contributed by atoms with Crippen molar-refractivity contribution < 1.29 is 153 Å². The lowest BCUT2D eigenvalue weighted by atomic mass is 9.76. The topological polar surface area (TPSA) is 652 Å². The second-order valence-electron chi connectivity index (χ2n) is 35.1. The van der Waals surface area contributed by atoms with Gasteiger partial charge in [0, 0.05) is 130 Å². The summed E-state index contributed by atoms with van der Waals surface area (Å²) in [6, 6.07) is 0. The molecular formula is C88H139N15O32. The molecule has 0 radical (unpaired) electrons. The lowest BCUT2D eigenvalue weighted by Gasteiger charge is -2.29. The van der Waals surface area contributed by atoms with E-state index in [1.807, 2.05) is 0 Å². The minimum absolute atomic E-state index is 0.00114. The van der Waals surface area contributed by atoms with Crippen LogP contribution in [0.15, 0.2) is 0 Å². The van der Waals surface area contributed by atoms with E-state index in [2.05, 4.69) is 68.0 Å². The molecule has 0 rings (SSSR count). The van der Waals surface area contributed by atoms with Crippen molar-refractivity contribution in [2.24, 2.45) is 5.41 Å². The summed E-state index contributed by atoms with van der Waals surface area (Å²) in [6.45, 7) is 8.66. The van der Waals surface area contributed by atoms with Crippen molar-refractivity contribution in [1.82, 2.24) is 78.1 Å². The Kier molecular flexibility index (Phi) is 59.8. The quantitative estimate of drug-likeness (QED) is 0.0161. The molecule has 0 atom stereocenters. The summed E-state index contributed by atoms with van der Waals surface area (Å²) in [7, 11) is 4.57. The maximum absolute atomic E-state index is 13.4. The van der Waals surface area contributed by atoms with Gasteiger partial charge in [-0.3, -0.25) is 129 Å². The average Bonchev–Trinajstić information content (AvgIpc) is 0.909. The van der Waals surface area contributed by atoms with Gasteiger partial charge in [-0.25, -0.2) is 0 Å². The first-order valence-corrected chi connectivity index (χ1v) is 44.3. The number of likely N-dealkylation sites (N-methyl/N-ethyl adjacent to an activating group) is 2. The van der Waals surface area contributed by atoms with E-state index in [1.165, 1.54) is 14.1 Å². The van der Waals surface area contributed by atoms with Crippen LogP contribution in [-0.4, -0.2) is 348 Å². The molecule has 0 aliphatic carbocycles. The van der Waals surface area contributed by atoms with Gasteiger partial charge in [-0.15, -0.1) is 0 Å². The van der Waals surface area contributed by atoms with Gasteiger partial charge in [-0.1, -0.05) is 6.92 Å². The van der Waals surface area contributed by atoms with E-state index in [-0.39, 0.29) is 141 Å². The fourth-order valence-electron chi connectivity index (χ4n) is 11.4. The summed E-state index contributed by atoms with van der Waals surface area (Å²) in [5.41, 5.74) is -3.06. The lowest BCUT2D eigenvalue weighted by Crippen LogP contribution is -2.46. The van der Waals surface area contributed by atoms with Gasteiger partial charge in [0.15, 0.2) is 52.0 Å². The van der Waals surface area contributed by atoms with Gasteiger partial charge < -0.3 is 102 Å². The van der Waals surface area contributed by atoms with E-state index in [1.54, 1.807) is 69.2 Å². The van der Waals surface area contributed by atoms with Gasteiger partial charge in [0.05, 0.1) is 119 Å². The number of carbonyl (C=O) groups excluding carboxylic acids is 27. The largest absolute Gasteiger partial charge is 0.468 e. The number of ether oxygens (including phenoxy) is 5. The molecule has 0 spiro atoms. The third kappa shape index (κ3) is 67.3. The van der Waals surface area contributed by atoms with Crippen molar-refractivity contribution in [2.45, 2.75) is 240 Å². The normalized spacial score (nSPS) is 11.1. The van der Waals surface area contributed by atoms with E-state index < -0.39 is 293 Å². The first-order valence-electron chi connectivity index (χ1n) is 44.3. The maximum atomic E-state index is 13.4. The van der Waals surface area contributed by atoms with Crippen LogP contribution in [0.5, 0.6) is 0 Å². The minimum Gasteiger partial charge on any atom is -0.468 e. The number of rotatable bonds is 72. The monoisotopic (exact) mass is 1920 g/mol. The van der Waals surface area contributed by atoms with Gasteiger partial charge in [0.2, 0.25) is 76.8 Å². The number of hydrogen-bond acceptors (Lipinski definition) is 34. The molecule has 0 aromatic rings. The average molecular weight is 1920 g/mol. The van der Waals surface area contributed by atoms with Crippen LogP contribution in [-0.2, 0) is 153 Å². The molecule has 0 fully saturated rings. The van der Waals surface area contributed by atoms with E-state index >= 15 is 0 Å². The van der Waals surface area contributed by atoms with E-state index in [4.69, 9.17) is 14.2 Å². The van der Waals surface area contributed by atoms with Crippen LogP contribution in [0.2, 0.25) is 0 Å². The highest BCUT2D eigenvalue weighted by Crippen LogP contribution is 2.35. The summed E-state index contributed by atoms with van der Waals surface area (Å²) < 4.78 is 24.9. The number of hydrogen-bond donors (Lipinski definition) is 11. The molecule has 0 saturated heterocycles. The summed E-state index contributed by atoms with van der Waals surface area (Å²) >= 11 is 0. The number of ketones is 9. The number of nitrogens with one attached hydrogen (secondary N) is 11. The molecule has 0 aliphatic rings. The fraction of sp³-hybridized carbons (Fsp3) is 0.693. The van der Waals surface area contributed by atoms with E-state index in [0.717, 1.165) is 33.8 Å². The Morgan fingerprint density at radius 2 is 0.444 bits per heavy atom. The van der Waals surface area contributed by atoms with Crippen molar-refractivity contribution in [3.05, 3.63) is 0 Å². The number of carbonyl (C=O) groups is 27. The number of methoxy groups -OCH3 is 2. The molecule has 0 bridgehead atoms. The molecule has 135 heavy (non-hydrogen) atoms. The van der Waals surface area contributed by atoms with Crippen molar-refractivity contribution in [3.63, 3.8) is 0 Å². The summed E-state index contributed by atoms with van der Waals surface area (Å²) in [6.07, 6.45) is -5.01. The summed E-state index contributed by atoms with van der Waals surface area (Å²) in [5, 5.41) is 27.0. The van der Waals surface area contributed by atoms with Crippen LogP contribution in [0.25, 0.3) is 0 Å². The standard InChI is InChI=1S/C88H139N15O32/c1-85(2,3)133-80(126)17-15-39-89-46-74(120)94-41-58(104)19-25-70(116)96-48-76(122)100(11)52-63(109)21-27-67(113)91-43-60(106)33-36-88(10,37-34-61(107)44-92-68(114)28-22-64(110)53-101(12)77(123)49-97-71(117)26-20-59(105)42-95-75(121)47-90-40-16-18-81(127)134-86(4,5)6)38-35-62(108)45-93-69(115)29-23-65(111)54-102(56-83(129)131-13)78(124)50-98-72(118)30-24-66(112)55-103(57-84(130)132-14)79(125)51-99-73(119)31-32-82(128)135-87(7,8)9/h89-90H,15-57H2,1-14H3,(H,91,113)(H,92,114)(H,93,115)(H,94,120)(H,95,121)(H,96,116)(H,97,117)(H,98,118)(H,99,119). The van der Waals surface area contributed by atoms with Crippen LogP contribution < -0.4 is 58.5 Å². The molecule has 758 valence electrons. The Balaban J connectivity index is 5.76. The number of amides is 13. The van der Waals surface area contributed by atoms with Crippen molar-refractivity contribution >= 4 is 159 Å². The first-order chi connectivity index (χ1) is 63.0. The Morgan fingerprint density at radius 3 is 0.711 bits per heavy atom. The Morgan fingerprint density at radius 1 is 0.222 bits per heavy atom. The van der Waals surface area contributed by atoms with Gasteiger partial charge in [-0.05, 0) is 113 Å². The van der Waals surface area contributed by atoms with Gasteiger partial charge in [-0.2, -0.15) is 0 Å². The van der Waals surface area contributed by atoms with Crippen LogP contribution in [0.3, 0.4) is 0 Å². The summed E-state index contributed by atoms with van der Waals surface area (Å²) in [5.74, 6) is -17.8. The molecule has 0 aromatic carbocycles. The van der Waals surface area contributed by atoms with Crippen LogP contribution in [0.4, 0.5) is 0 Å². The Labute approximate surface area is 785 Å². The zero-order chi connectivity index (χ0) is 103. The molecule has 0 aliphatic heterocycles. The SMILES string of the molecule is COC(=O)CN(CC(=O)CCC(=O)NCC(=O)CCC(C)(CCC(=O)CNC(=O)CCC(=O)CN(C)C(=O)CNC(=O)CCC(=O)CNC(=O)CNCCCC(=O)OC(C)(C)C)CCC(=O)CNC(=O)CCC(=O)CN(C)C(=O)CNC(=O)CCC(=O)CNC(=O)CNCCCC(=O)OC(C)(C)C)C(=O)CNC(=O)CCC(=O)CN(CC(=O)OC)C(=O)CNC(=O)CCC(=O)OC(C)(C)C. The number of esters is 5. The molecule has 0 saturated carbocycles. The van der Waals surface area contributed by atoms with Gasteiger partial charge in [0.25, 0.3) is 0 Å². The van der Waals surface area contributed by atoms with Gasteiger partial charge in [0.1, 0.15) is 29.9 Å².